The number of sulfonamides is 1. The number of hydrogen-bond donors (Lipinski definition) is 2. The van der Waals surface area contributed by atoms with Crippen LogP contribution in [0.5, 0.6) is 0 Å². The van der Waals surface area contributed by atoms with E-state index in [1.54, 1.807) is 6.07 Å². The molecule has 0 amide bonds. The number of fused-ring (bicyclic) bond motifs is 1. The van der Waals surface area contributed by atoms with Crippen molar-refractivity contribution >= 4 is 21.1 Å². The molecule has 1 aliphatic rings. The minimum absolute atomic E-state index is 0.164. The standard InChI is InChI=1S/C19H21N3O4S/c1-13-12-26-15(9-14-5-3-2-4-6-14)11-22(13)27(24,25)16-7-8-17-18(10-16)21-19(23)20-17/h2-8,10,13,15H,9,11-12H2,1H3,(H2,20,21,23). The highest BCUT2D eigenvalue weighted by molar-refractivity contribution is 7.89. The highest BCUT2D eigenvalue weighted by atomic mass is 32.2. The van der Waals surface area contributed by atoms with Gasteiger partial charge in [-0.1, -0.05) is 30.3 Å². The van der Waals surface area contributed by atoms with E-state index in [1.165, 1.54) is 16.4 Å². The number of ether oxygens (including phenoxy) is 1. The lowest BCUT2D eigenvalue weighted by molar-refractivity contribution is -0.0264. The smallest absolute Gasteiger partial charge is 0.323 e. The first-order valence-corrected chi connectivity index (χ1v) is 10.3. The van der Waals surface area contributed by atoms with Crippen molar-refractivity contribution in [2.24, 2.45) is 0 Å². The van der Waals surface area contributed by atoms with E-state index in [2.05, 4.69) is 9.97 Å². The molecule has 2 atom stereocenters. The van der Waals surface area contributed by atoms with E-state index in [1.807, 2.05) is 37.3 Å². The van der Waals surface area contributed by atoms with Gasteiger partial charge in [0.25, 0.3) is 0 Å². The molecule has 4 rings (SSSR count). The maximum absolute atomic E-state index is 13.2. The number of hydrogen-bond acceptors (Lipinski definition) is 4. The highest BCUT2D eigenvalue weighted by Crippen LogP contribution is 2.25. The molecule has 1 saturated heterocycles. The number of nitrogens with zero attached hydrogens (tertiary/aromatic N) is 1. The van der Waals surface area contributed by atoms with E-state index in [0.29, 0.717) is 30.6 Å². The van der Waals surface area contributed by atoms with E-state index < -0.39 is 10.0 Å². The minimum atomic E-state index is -3.70. The van der Waals surface area contributed by atoms with Gasteiger partial charge in [-0.2, -0.15) is 4.31 Å². The Morgan fingerprint density at radius 1 is 1.11 bits per heavy atom. The lowest BCUT2D eigenvalue weighted by atomic mass is 10.1. The van der Waals surface area contributed by atoms with Crippen molar-refractivity contribution in [1.82, 2.24) is 14.3 Å². The van der Waals surface area contributed by atoms with E-state index in [0.717, 1.165) is 5.56 Å². The molecule has 7 nitrogen and oxygen atoms in total. The summed E-state index contributed by atoms with van der Waals surface area (Å²) in [5.74, 6) is 0. The van der Waals surface area contributed by atoms with Crippen LogP contribution in [-0.4, -0.2) is 48.0 Å². The average molecular weight is 387 g/mol. The number of nitrogens with one attached hydrogen (secondary N) is 2. The van der Waals surface area contributed by atoms with Gasteiger partial charge in [-0.25, -0.2) is 13.2 Å². The van der Waals surface area contributed by atoms with Crippen LogP contribution in [0.2, 0.25) is 0 Å². The third kappa shape index (κ3) is 3.55. The molecule has 1 aromatic heterocycles. The third-order valence-corrected chi connectivity index (χ3v) is 6.82. The second-order valence-electron chi connectivity index (χ2n) is 6.86. The number of morpholine rings is 1. The Balaban J connectivity index is 1.61. The topological polar surface area (TPSA) is 95.3 Å². The number of imidazole rings is 1. The summed E-state index contributed by atoms with van der Waals surface area (Å²) in [5.41, 5.74) is 1.81. The maximum atomic E-state index is 13.2. The monoisotopic (exact) mass is 387 g/mol. The zero-order chi connectivity index (χ0) is 19.0. The van der Waals surface area contributed by atoms with Gasteiger partial charge < -0.3 is 14.7 Å². The molecule has 2 aromatic carbocycles. The zero-order valence-corrected chi connectivity index (χ0v) is 15.7. The molecule has 8 heteroatoms. The fourth-order valence-electron chi connectivity index (χ4n) is 3.43. The van der Waals surface area contributed by atoms with Crippen LogP contribution in [0.25, 0.3) is 11.0 Å². The molecule has 2 heterocycles. The molecule has 0 radical (unpaired) electrons. The van der Waals surface area contributed by atoms with Crippen LogP contribution in [0.4, 0.5) is 0 Å². The summed E-state index contributed by atoms with van der Waals surface area (Å²) in [5, 5.41) is 0. The fraction of sp³-hybridized carbons (Fsp3) is 0.316. The quantitative estimate of drug-likeness (QED) is 0.714. The van der Waals surface area contributed by atoms with Gasteiger partial charge in [0, 0.05) is 12.6 Å². The lowest BCUT2D eigenvalue weighted by Crippen LogP contribution is -2.51. The summed E-state index contributed by atoms with van der Waals surface area (Å²) in [6, 6.07) is 14.3. The largest absolute Gasteiger partial charge is 0.375 e. The second-order valence-corrected chi connectivity index (χ2v) is 8.75. The molecule has 27 heavy (non-hydrogen) atoms. The number of rotatable bonds is 4. The fourth-order valence-corrected chi connectivity index (χ4v) is 5.11. The average Bonchev–Trinajstić information content (AvgIpc) is 3.03. The highest BCUT2D eigenvalue weighted by Gasteiger charge is 2.35. The Labute approximate surface area is 157 Å². The summed E-state index contributed by atoms with van der Waals surface area (Å²) in [7, 11) is -3.70. The lowest BCUT2D eigenvalue weighted by Gasteiger charge is -2.37. The van der Waals surface area contributed by atoms with Crippen molar-refractivity contribution in [3.05, 3.63) is 64.6 Å². The Morgan fingerprint density at radius 3 is 2.63 bits per heavy atom. The number of aromatic amines is 2. The van der Waals surface area contributed by atoms with E-state index in [-0.39, 0.29) is 22.7 Å². The second kappa shape index (κ2) is 6.95. The van der Waals surface area contributed by atoms with Crippen molar-refractivity contribution in [3.8, 4) is 0 Å². The minimum Gasteiger partial charge on any atom is -0.375 e. The Hall–Kier alpha value is -2.42. The van der Waals surface area contributed by atoms with Crippen LogP contribution in [0.15, 0.2) is 58.2 Å². The van der Waals surface area contributed by atoms with Crippen molar-refractivity contribution in [2.75, 3.05) is 13.2 Å². The number of H-pyrrole nitrogens is 2. The van der Waals surface area contributed by atoms with E-state index >= 15 is 0 Å². The van der Waals surface area contributed by atoms with Crippen molar-refractivity contribution in [2.45, 2.75) is 30.4 Å². The maximum Gasteiger partial charge on any atom is 0.323 e. The zero-order valence-electron chi connectivity index (χ0n) is 14.9. The van der Waals surface area contributed by atoms with Gasteiger partial charge in [-0.15, -0.1) is 0 Å². The van der Waals surface area contributed by atoms with E-state index in [4.69, 9.17) is 4.74 Å². The normalized spacial score (nSPS) is 21.5. The predicted molar refractivity (Wildman–Crippen MR) is 102 cm³/mol. The van der Waals surface area contributed by atoms with Gasteiger partial charge in [-0.3, -0.25) is 0 Å². The third-order valence-electron chi connectivity index (χ3n) is 4.85. The van der Waals surface area contributed by atoms with Gasteiger partial charge in [-0.05, 0) is 37.1 Å². The Bertz CT molecular complexity index is 1100. The molecule has 0 spiro atoms. The molecular formula is C19H21N3O4S. The van der Waals surface area contributed by atoms with Gasteiger partial charge in [0.1, 0.15) is 0 Å². The molecular weight excluding hydrogens is 366 g/mol. The first-order chi connectivity index (χ1) is 12.9. The van der Waals surface area contributed by atoms with Crippen LogP contribution in [0.1, 0.15) is 12.5 Å². The summed E-state index contributed by atoms with van der Waals surface area (Å²) in [4.78, 5) is 16.8. The molecule has 0 saturated carbocycles. The summed E-state index contributed by atoms with van der Waals surface area (Å²) >= 11 is 0. The van der Waals surface area contributed by atoms with Crippen molar-refractivity contribution in [1.29, 1.82) is 0 Å². The SMILES string of the molecule is CC1COC(Cc2ccccc2)CN1S(=O)(=O)c1ccc2[nH]c(=O)[nH]c2c1. The van der Waals surface area contributed by atoms with Gasteiger partial charge in [0.05, 0.1) is 28.6 Å². The molecule has 0 bridgehead atoms. The van der Waals surface area contributed by atoms with Gasteiger partial charge in [0.15, 0.2) is 0 Å². The molecule has 1 aliphatic heterocycles. The first kappa shape index (κ1) is 18.0. The van der Waals surface area contributed by atoms with Crippen LogP contribution < -0.4 is 5.69 Å². The van der Waals surface area contributed by atoms with Crippen LogP contribution in [0.3, 0.4) is 0 Å². The summed E-state index contributed by atoms with van der Waals surface area (Å²) < 4.78 is 33.8. The molecule has 142 valence electrons. The molecule has 2 unspecified atom stereocenters. The molecule has 3 aromatic rings. The van der Waals surface area contributed by atoms with Crippen LogP contribution in [0, 0.1) is 0 Å². The van der Waals surface area contributed by atoms with Gasteiger partial charge in [0.2, 0.25) is 10.0 Å². The van der Waals surface area contributed by atoms with Gasteiger partial charge >= 0.3 is 5.69 Å². The van der Waals surface area contributed by atoms with E-state index in [9.17, 15) is 13.2 Å². The Kier molecular flexibility index (Phi) is 4.63. The Morgan fingerprint density at radius 2 is 1.85 bits per heavy atom. The summed E-state index contributed by atoms with van der Waals surface area (Å²) in [6.45, 7) is 2.48. The molecule has 0 aliphatic carbocycles. The molecule has 1 fully saturated rings. The predicted octanol–water partition coefficient (Wildman–Crippen LogP) is 1.88. The number of benzene rings is 2. The first-order valence-electron chi connectivity index (χ1n) is 8.83. The van der Waals surface area contributed by atoms with Crippen molar-refractivity contribution < 1.29 is 13.2 Å². The van der Waals surface area contributed by atoms with Crippen LogP contribution >= 0.6 is 0 Å². The van der Waals surface area contributed by atoms with Crippen molar-refractivity contribution in [3.63, 3.8) is 0 Å². The molecule has 2 N–H and O–H groups in total. The van der Waals surface area contributed by atoms with Crippen LogP contribution in [-0.2, 0) is 21.2 Å². The number of aromatic nitrogens is 2. The summed E-state index contributed by atoms with van der Waals surface area (Å²) in [6.07, 6.45) is 0.457.